The van der Waals surface area contributed by atoms with Gasteiger partial charge < -0.3 is 14.2 Å². The van der Waals surface area contributed by atoms with Crippen LogP contribution in [0.25, 0.3) is 11.5 Å². The number of hydrogen-bond acceptors (Lipinski definition) is 7. The molecule has 1 saturated heterocycles. The molecule has 1 spiro atoms. The van der Waals surface area contributed by atoms with Gasteiger partial charge in [0.15, 0.2) is 0 Å². The summed E-state index contributed by atoms with van der Waals surface area (Å²) in [5, 5.41) is 8.29. The third-order valence-corrected chi connectivity index (χ3v) is 10.6. The Morgan fingerprint density at radius 1 is 1.05 bits per heavy atom. The van der Waals surface area contributed by atoms with Crippen LogP contribution in [0.4, 0.5) is 5.69 Å². The molecule has 3 aliphatic carbocycles. The molecule has 8 rings (SSSR count). The van der Waals surface area contributed by atoms with Crippen molar-refractivity contribution in [2.24, 2.45) is 29.1 Å². The lowest BCUT2D eigenvalue weighted by Gasteiger charge is -2.36. The minimum absolute atomic E-state index is 0.000821. The van der Waals surface area contributed by atoms with Gasteiger partial charge in [-0.05, 0) is 79.5 Å². The first-order valence-electron chi connectivity index (χ1n) is 15.5. The number of benzene rings is 2. The first kappa shape index (κ1) is 26.4. The van der Waals surface area contributed by atoms with E-state index in [1.807, 2.05) is 42.5 Å². The van der Waals surface area contributed by atoms with Crippen LogP contribution < -0.4 is 4.90 Å². The zero-order valence-electron chi connectivity index (χ0n) is 24.3. The minimum Gasteiger partial charge on any atom is -0.419 e. The van der Waals surface area contributed by atoms with E-state index in [0.29, 0.717) is 59.2 Å². The molecule has 3 aromatic rings. The van der Waals surface area contributed by atoms with Crippen LogP contribution >= 0.6 is 0 Å². The second kappa shape index (κ2) is 9.89. The highest BCUT2D eigenvalue weighted by atomic mass is 16.4. The van der Waals surface area contributed by atoms with Gasteiger partial charge in [0, 0.05) is 32.2 Å². The molecule has 1 aromatic heterocycles. The van der Waals surface area contributed by atoms with Gasteiger partial charge >= 0.3 is 0 Å². The lowest BCUT2D eigenvalue weighted by molar-refractivity contribution is -0.135. The Morgan fingerprint density at radius 2 is 1.88 bits per heavy atom. The molecule has 9 nitrogen and oxygen atoms in total. The molecular formula is C34H35N5O4. The zero-order chi connectivity index (χ0) is 29.3. The molecule has 2 saturated carbocycles. The lowest BCUT2D eigenvalue weighted by Crippen LogP contribution is -2.44. The lowest BCUT2D eigenvalue weighted by atomic mass is 9.88. The van der Waals surface area contributed by atoms with E-state index in [9.17, 15) is 14.4 Å². The molecule has 2 bridgehead atoms. The summed E-state index contributed by atoms with van der Waals surface area (Å²) in [5.74, 6) is 1.63. The molecule has 4 atom stereocenters. The van der Waals surface area contributed by atoms with E-state index in [1.165, 1.54) is 17.7 Å². The smallest absolute Gasteiger partial charge is 0.263 e. The van der Waals surface area contributed by atoms with Crippen molar-refractivity contribution in [3.05, 3.63) is 77.7 Å². The van der Waals surface area contributed by atoms with E-state index in [0.717, 1.165) is 37.1 Å². The first-order valence-corrected chi connectivity index (χ1v) is 15.5. The number of fused-ring (bicyclic) bond motifs is 1. The Hall–Kier alpha value is -4.27. The van der Waals surface area contributed by atoms with Gasteiger partial charge in [-0.3, -0.25) is 19.3 Å². The number of anilines is 1. The second-order valence-corrected chi connectivity index (χ2v) is 13.0. The third kappa shape index (κ3) is 4.23. The van der Waals surface area contributed by atoms with Crippen molar-refractivity contribution in [3.63, 3.8) is 0 Å². The number of allylic oxidation sites excluding steroid dienone is 2. The number of carbonyl (C=O) groups is 3. The Bertz CT molecular complexity index is 1640. The molecule has 2 aliphatic heterocycles. The van der Waals surface area contributed by atoms with Crippen molar-refractivity contribution in [2.75, 3.05) is 31.6 Å². The Labute approximate surface area is 250 Å². The summed E-state index contributed by atoms with van der Waals surface area (Å²) < 4.78 is 5.82. The van der Waals surface area contributed by atoms with Crippen molar-refractivity contribution in [1.82, 2.24) is 20.0 Å². The fourth-order valence-electron chi connectivity index (χ4n) is 8.32. The quantitative estimate of drug-likeness (QED) is 0.294. The number of piperidine rings is 1. The number of hydrogen-bond donors (Lipinski definition) is 0. The summed E-state index contributed by atoms with van der Waals surface area (Å²) in [6.45, 7) is 1.93. The maximum atomic E-state index is 13.8. The van der Waals surface area contributed by atoms with Crippen LogP contribution in [0.2, 0.25) is 0 Å². The highest BCUT2D eigenvalue weighted by Gasteiger charge is 2.63. The van der Waals surface area contributed by atoms with Crippen molar-refractivity contribution < 1.29 is 18.8 Å². The Balaban J connectivity index is 0.957. The molecule has 0 N–H and O–H groups in total. The predicted molar refractivity (Wildman–Crippen MR) is 159 cm³/mol. The van der Waals surface area contributed by atoms with E-state index in [4.69, 9.17) is 4.42 Å². The normalized spacial score (nSPS) is 26.4. The Morgan fingerprint density at radius 3 is 2.67 bits per heavy atom. The van der Waals surface area contributed by atoms with Crippen LogP contribution in [-0.4, -0.2) is 64.4 Å². The SMILES string of the molecule is CN(Cc1nnc(-c2ccccc2)o1)C(=O)[C@H]1CCCN(c2cccc3c2C(=O)N(C[C@@H]2C[C@H]4C=C[C@H]2C42CC2)C3=O)C1. The summed E-state index contributed by atoms with van der Waals surface area (Å²) in [5.41, 5.74) is 2.99. The molecule has 220 valence electrons. The van der Waals surface area contributed by atoms with Crippen LogP contribution in [0.5, 0.6) is 0 Å². The van der Waals surface area contributed by atoms with E-state index < -0.39 is 0 Å². The van der Waals surface area contributed by atoms with Crippen molar-refractivity contribution >= 4 is 23.4 Å². The van der Waals surface area contributed by atoms with Crippen molar-refractivity contribution in [2.45, 2.75) is 38.6 Å². The van der Waals surface area contributed by atoms with Crippen LogP contribution in [0.3, 0.4) is 0 Å². The van der Waals surface area contributed by atoms with Crippen molar-refractivity contribution in [3.8, 4) is 11.5 Å². The summed E-state index contributed by atoms with van der Waals surface area (Å²) in [4.78, 5) is 46.2. The molecular weight excluding hydrogens is 542 g/mol. The summed E-state index contributed by atoms with van der Waals surface area (Å²) in [6, 6.07) is 15.1. The van der Waals surface area contributed by atoms with Gasteiger partial charge in [-0.1, -0.05) is 36.4 Å². The maximum absolute atomic E-state index is 13.8. The van der Waals surface area contributed by atoms with Crippen molar-refractivity contribution in [1.29, 1.82) is 0 Å². The molecule has 3 fully saturated rings. The topological polar surface area (TPSA) is 99.8 Å². The highest BCUT2D eigenvalue weighted by Crippen LogP contribution is 2.70. The molecule has 3 heterocycles. The van der Waals surface area contributed by atoms with Crippen LogP contribution in [0, 0.1) is 29.1 Å². The van der Waals surface area contributed by atoms with Gasteiger partial charge in [0.25, 0.3) is 11.8 Å². The standard InChI is InChI=1S/C34H35N5O4/c1-37(20-28-35-36-30(43-28)21-7-3-2-4-8-21)31(40)22-9-6-16-38(18-22)27-11-5-10-25-29(27)33(42)39(32(25)41)19-23-17-24-12-13-26(23)34(24)14-15-34/h2-5,7-8,10-13,22-24,26H,6,9,14-20H2,1H3/t22-,23-,24+,26+/m0/s1. The molecule has 3 amide bonds. The number of amides is 3. The molecule has 43 heavy (non-hydrogen) atoms. The average Bonchev–Trinajstić information content (AvgIpc) is 3.35. The van der Waals surface area contributed by atoms with Gasteiger partial charge in [-0.25, -0.2) is 0 Å². The van der Waals surface area contributed by atoms with Gasteiger partial charge in [0.05, 0.1) is 29.3 Å². The molecule has 5 aliphatic rings. The first-order chi connectivity index (χ1) is 20.9. The largest absolute Gasteiger partial charge is 0.419 e. The van der Waals surface area contributed by atoms with Gasteiger partial charge in [-0.15, -0.1) is 10.2 Å². The number of carbonyl (C=O) groups excluding carboxylic acids is 3. The van der Waals surface area contributed by atoms with E-state index in [1.54, 1.807) is 18.0 Å². The highest BCUT2D eigenvalue weighted by molar-refractivity contribution is 6.23. The van der Waals surface area contributed by atoms with Crippen LogP contribution in [-0.2, 0) is 11.3 Å². The van der Waals surface area contributed by atoms with Gasteiger partial charge in [0.2, 0.25) is 17.7 Å². The summed E-state index contributed by atoms with van der Waals surface area (Å²) in [6.07, 6.45) is 9.89. The fraction of sp³-hybridized carbons (Fsp3) is 0.441. The molecule has 0 unspecified atom stereocenters. The molecule has 9 heteroatoms. The summed E-state index contributed by atoms with van der Waals surface area (Å²) in [7, 11) is 1.75. The fourth-order valence-corrected chi connectivity index (χ4v) is 8.32. The van der Waals surface area contributed by atoms with E-state index >= 15 is 0 Å². The third-order valence-electron chi connectivity index (χ3n) is 10.6. The van der Waals surface area contributed by atoms with Gasteiger partial charge in [0.1, 0.15) is 0 Å². The number of imide groups is 1. The average molecular weight is 578 g/mol. The maximum Gasteiger partial charge on any atom is 0.263 e. The monoisotopic (exact) mass is 577 g/mol. The second-order valence-electron chi connectivity index (χ2n) is 13.0. The van der Waals surface area contributed by atoms with Crippen LogP contribution in [0.1, 0.15) is 58.7 Å². The minimum atomic E-state index is -0.245. The van der Waals surface area contributed by atoms with E-state index in [-0.39, 0.29) is 30.2 Å². The zero-order valence-corrected chi connectivity index (χ0v) is 24.3. The summed E-state index contributed by atoms with van der Waals surface area (Å²) >= 11 is 0. The Kier molecular flexibility index (Phi) is 6.07. The van der Waals surface area contributed by atoms with Gasteiger partial charge in [-0.2, -0.15) is 0 Å². The van der Waals surface area contributed by atoms with Crippen LogP contribution in [0.15, 0.2) is 65.1 Å². The van der Waals surface area contributed by atoms with E-state index in [2.05, 4.69) is 27.2 Å². The number of rotatable bonds is 7. The molecule has 2 aromatic carbocycles. The number of aromatic nitrogens is 2. The molecule has 0 radical (unpaired) electrons. The predicted octanol–water partition coefficient (Wildman–Crippen LogP) is 4.81. The number of nitrogens with zero attached hydrogens (tertiary/aromatic N) is 5.